The average molecular weight is 231 g/mol. The van der Waals surface area contributed by atoms with E-state index in [4.69, 9.17) is 0 Å². The van der Waals surface area contributed by atoms with Gasteiger partial charge in [0.25, 0.3) is 0 Å². The molecule has 70 valence electrons. The Morgan fingerprint density at radius 1 is 1.42 bits per heavy atom. The molecule has 12 heavy (non-hydrogen) atoms. The molecular weight excluding hydrogens is 212 g/mol. The van der Waals surface area contributed by atoms with Gasteiger partial charge in [-0.25, -0.2) is 0 Å². The van der Waals surface area contributed by atoms with E-state index in [0.29, 0.717) is 0 Å². The molecule has 1 aliphatic rings. The first-order valence-corrected chi connectivity index (χ1v) is 6.21. The first kappa shape index (κ1) is 10.3. The summed E-state index contributed by atoms with van der Waals surface area (Å²) < 4.78 is 0. The van der Waals surface area contributed by atoms with Crippen molar-refractivity contribution in [3.05, 3.63) is 12.2 Å². The highest BCUT2D eigenvalue weighted by Gasteiger charge is 2.17. The Bertz CT molecular complexity index is 140. The highest BCUT2D eigenvalue weighted by Crippen LogP contribution is 2.31. The van der Waals surface area contributed by atoms with Crippen molar-refractivity contribution in [3.8, 4) is 0 Å². The standard InChI is InChI=1S/C11H19Br/c1-2-10-5-3-6-11(9-10)7-4-8-12/h4,7,10-11H,2-3,5-6,8-9H2,1H3/b7-4+. The fourth-order valence-electron chi connectivity index (χ4n) is 2.12. The molecule has 0 aromatic carbocycles. The van der Waals surface area contributed by atoms with E-state index in [2.05, 4.69) is 35.0 Å². The Morgan fingerprint density at radius 2 is 2.25 bits per heavy atom. The number of alkyl halides is 1. The summed E-state index contributed by atoms with van der Waals surface area (Å²) in [7, 11) is 0. The zero-order chi connectivity index (χ0) is 8.81. The maximum absolute atomic E-state index is 3.42. The van der Waals surface area contributed by atoms with Gasteiger partial charge in [-0.3, -0.25) is 0 Å². The summed E-state index contributed by atoms with van der Waals surface area (Å²) in [6.07, 6.45) is 11.8. The average Bonchev–Trinajstić information content (AvgIpc) is 2.15. The van der Waals surface area contributed by atoms with Gasteiger partial charge in [0, 0.05) is 5.33 Å². The monoisotopic (exact) mass is 230 g/mol. The van der Waals surface area contributed by atoms with Gasteiger partial charge < -0.3 is 0 Å². The van der Waals surface area contributed by atoms with Crippen LogP contribution in [0.3, 0.4) is 0 Å². The van der Waals surface area contributed by atoms with Gasteiger partial charge in [-0.05, 0) is 24.7 Å². The van der Waals surface area contributed by atoms with E-state index in [1.54, 1.807) is 0 Å². The predicted molar refractivity (Wildman–Crippen MR) is 58.7 cm³/mol. The van der Waals surface area contributed by atoms with Crippen molar-refractivity contribution in [1.82, 2.24) is 0 Å². The molecule has 1 fully saturated rings. The summed E-state index contributed by atoms with van der Waals surface area (Å²) in [5.74, 6) is 1.88. The summed E-state index contributed by atoms with van der Waals surface area (Å²) >= 11 is 3.42. The van der Waals surface area contributed by atoms with Crippen LogP contribution in [-0.2, 0) is 0 Å². The number of halogens is 1. The minimum atomic E-state index is 0.876. The molecule has 2 unspecified atom stereocenters. The number of hydrogen-bond donors (Lipinski definition) is 0. The lowest BCUT2D eigenvalue weighted by Gasteiger charge is -2.26. The number of allylic oxidation sites excluding steroid dienone is 2. The molecule has 0 aromatic heterocycles. The third-order valence-electron chi connectivity index (χ3n) is 2.90. The molecule has 0 bridgehead atoms. The van der Waals surface area contributed by atoms with Crippen molar-refractivity contribution < 1.29 is 0 Å². The topological polar surface area (TPSA) is 0 Å². The first-order valence-electron chi connectivity index (χ1n) is 5.09. The van der Waals surface area contributed by atoms with Crippen molar-refractivity contribution in [1.29, 1.82) is 0 Å². The predicted octanol–water partition coefficient (Wildman–Crippen LogP) is 4.15. The molecular formula is C11H19Br. The molecule has 0 heterocycles. The largest absolute Gasteiger partial charge is 0.0883 e. The van der Waals surface area contributed by atoms with Crippen LogP contribution in [0, 0.1) is 11.8 Å². The van der Waals surface area contributed by atoms with E-state index in [1.807, 2.05) is 0 Å². The summed E-state index contributed by atoms with van der Waals surface area (Å²) in [4.78, 5) is 0. The minimum Gasteiger partial charge on any atom is -0.0883 e. The molecule has 0 saturated heterocycles. The van der Waals surface area contributed by atoms with Crippen molar-refractivity contribution in [3.63, 3.8) is 0 Å². The van der Waals surface area contributed by atoms with Crippen LogP contribution in [0.4, 0.5) is 0 Å². The van der Waals surface area contributed by atoms with Crippen molar-refractivity contribution in [2.45, 2.75) is 39.0 Å². The molecule has 2 atom stereocenters. The maximum Gasteiger partial charge on any atom is 0.0212 e. The van der Waals surface area contributed by atoms with Crippen LogP contribution >= 0.6 is 15.9 Å². The van der Waals surface area contributed by atoms with Gasteiger partial charge in [-0.15, -0.1) is 0 Å². The second-order valence-corrected chi connectivity index (χ2v) is 4.43. The van der Waals surface area contributed by atoms with Gasteiger partial charge in [-0.1, -0.05) is 54.3 Å². The highest BCUT2D eigenvalue weighted by molar-refractivity contribution is 9.09. The van der Waals surface area contributed by atoms with Crippen LogP contribution in [0.1, 0.15) is 39.0 Å². The van der Waals surface area contributed by atoms with Crippen LogP contribution < -0.4 is 0 Å². The van der Waals surface area contributed by atoms with E-state index in [9.17, 15) is 0 Å². The Morgan fingerprint density at radius 3 is 2.92 bits per heavy atom. The summed E-state index contributed by atoms with van der Waals surface area (Å²) in [6.45, 7) is 2.32. The highest BCUT2D eigenvalue weighted by atomic mass is 79.9. The van der Waals surface area contributed by atoms with E-state index < -0.39 is 0 Å². The lowest BCUT2D eigenvalue weighted by molar-refractivity contribution is 0.297. The molecule has 0 radical (unpaired) electrons. The van der Waals surface area contributed by atoms with Gasteiger partial charge in [0.05, 0.1) is 0 Å². The van der Waals surface area contributed by atoms with E-state index in [1.165, 1.54) is 32.1 Å². The smallest absolute Gasteiger partial charge is 0.0212 e. The van der Waals surface area contributed by atoms with Gasteiger partial charge in [-0.2, -0.15) is 0 Å². The molecule has 1 rings (SSSR count). The van der Waals surface area contributed by atoms with Crippen LogP contribution in [0.25, 0.3) is 0 Å². The van der Waals surface area contributed by atoms with Crippen molar-refractivity contribution in [2.75, 3.05) is 5.33 Å². The van der Waals surface area contributed by atoms with E-state index in [0.717, 1.165) is 17.2 Å². The molecule has 1 saturated carbocycles. The Hall–Kier alpha value is 0.220. The molecule has 0 aliphatic heterocycles. The molecule has 0 N–H and O–H groups in total. The first-order chi connectivity index (χ1) is 5.86. The summed E-state index contributed by atoms with van der Waals surface area (Å²) in [6, 6.07) is 0. The maximum atomic E-state index is 3.42. The molecule has 0 amide bonds. The zero-order valence-corrected chi connectivity index (χ0v) is 9.52. The fraction of sp³-hybridized carbons (Fsp3) is 0.818. The molecule has 1 heteroatoms. The van der Waals surface area contributed by atoms with E-state index >= 15 is 0 Å². The van der Waals surface area contributed by atoms with Gasteiger partial charge in [0.2, 0.25) is 0 Å². The minimum absolute atomic E-state index is 0.876. The van der Waals surface area contributed by atoms with Gasteiger partial charge >= 0.3 is 0 Å². The molecule has 0 aromatic rings. The molecule has 0 spiro atoms. The Kier molecular flexibility index (Phi) is 4.98. The van der Waals surface area contributed by atoms with Gasteiger partial charge in [0.1, 0.15) is 0 Å². The van der Waals surface area contributed by atoms with Crippen LogP contribution in [-0.4, -0.2) is 5.33 Å². The lowest BCUT2D eigenvalue weighted by Crippen LogP contribution is -2.13. The third-order valence-corrected chi connectivity index (χ3v) is 3.27. The van der Waals surface area contributed by atoms with E-state index in [-0.39, 0.29) is 0 Å². The molecule has 0 nitrogen and oxygen atoms in total. The summed E-state index contributed by atoms with van der Waals surface area (Å²) in [5.41, 5.74) is 0. The van der Waals surface area contributed by atoms with Crippen LogP contribution in [0.15, 0.2) is 12.2 Å². The number of rotatable bonds is 3. The second kappa shape index (κ2) is 5.80. The van der Waals surface area contributed by atoms with Crippen molar-refractivity contribution >= 4 is 15.9 Å². The normalized spacial score (nSPS) is 31.2. The number of hydrogen-bond acceptors (Lipinski definition) is 0. The Labute approximate surface area is 84.6 Å². The third kappa shape index (κ3) is 3.30. The fourth-order valence-corrected chi connectivity index (χ4v) is 2.34. The quantitative estimate of drug-likeness (QED) is 0.505. The van der Waals surface area contributed by atoms with Crippen LogP contribution in [0.2, 0.25) is 0 Å². The zero-order valence-electron chi connectivity index (χ0n) is 7.93. The Balaban J connectivity index is 2.30. The van der Waals surface area contributed by atoms with Crippen molar-refractivity contribution in [2.24, 2.45) is 11.8 Å². The second-order valence-electron chi connectivity index (χ2n) is 3.78. The van der Waals surface area contributed by atoms with Crippen LogP contribution in [0.5, 0.6) is 0 Å². The van der Waals surface area contributed by atoms with Gasteiger partial charge in [0.15, 0.2) is 0 Å². The molecule has 1 aliphatic carbocycles. The lowest BCUT2D eigenvalue weighted by atomic mass is 9.80. The summed E-state index contributed by atoms with van der Waals surface area (Å²) in [5, 5.41) is 1.01. The SMILES string of the molecule is CCC1CCCC(/C=C/CBr)C1.